The average Bonchev–Trinajstić information content (AvgIpc) is 2.92. The van der Waals surface area contributed by atoms with Crippen molar-refractivity contribution in [1.82, 2.24) is 9.55 Å². The second-order valence-corrected chi connectivity index (χ2v) is 10.7. The Bertz CT molecular complexity index is 1470. The molecule has 3 aromatic carbocycles. The van der Waals surface area contributed by atoms with E-state index in [1.54, 1.807) is 4.57 Å². The van der Waals surface area contributed by atoms with Crippen LogP contribution in [-0.2, 0) is 29.6 Å². The molecule has 0 spiro atoms. The highest BCUT2D eigenvalue weighted by Crippen LogP contribution is 2.43. The number of benzene rings is 3. The van der Waals surface area contributed by atoms with E-state index < -0.39 is 0 Å². The Labute approximate surface area is 222 Å². The Hall–Kier alpha value is -3.64. The number of nitrogens with one attached hydrogen (secondary N) is 1. The number of nitrogens with zero attached hydrogens (tertiary/aromatic N) is 2. The van der Waals surface area contributed by atoms with Crippen LogP contribution in [0.5, 0.6) is 0 Å². The van der Waals surface area contributed by atoms with Crippen molar-refractivity contribution in [3.8, 4) is 11.3 Å². The van der Waals surface area contributed by atoms with Gasteiger partial charge in [-0.05, 0) is 42.5 Å². The van der Waals surface area contributed by atoms with Crippen molar-refractivity contribution in [2.75, 3.05) is 11.1 Å². The molecular weight excluding hydrogens is 478 g/mol. The first-order chi connectivity index (χ1) is 18.0. The summed E-state index contributed by atoms with van der Waals surface area (Å²) in [6.45, 7) is 4.82. The molecule has 1 aliphatic carbocycles. The molecule has 0 fully saturated rings. The van der Waals surface area contributed by atoms with Crippen LogP contribution in [0.3, 0.4) is 0 Å². The minimum atomic E-state index is -0.295. The quantitative estimate of drug-likeness (QED) is 0.230. The molecule has 0 bridgehead atoms. The lowest BCUT2D eigenvalue weighted by Gasteiger charge is -2.36. The number of carbonyl (C=O) groups is 1. The Morgan fingerprint density at radius 2 is 1.68 bits per heavy atom. The summed E-state index contributed by atoms with van der Waals surface area (Å²) in [5.41, 5.74) is 5.41. The summed E-state index contributed by atoms with van der Waals surface area (Å²) in [6.07, 6.45) is 2.37. The first-order valence-electron chi connectivity index (χ1n) is 12.7. The summed E-state index contributed by atoms with van der Waals surface area (Å²) in [5, 5.41) is 3.51. The van der Waals surface area contributed by atoms with Gasteiger partial charge in [-0.15, -0.1) is 0 Å². The summed E-state index contributed by atoms with van der Waals surface area (Å²) in [4.78, 5) is 32.0. The minimum Gasteiger partial charge on any atom is -0.325 e. The van der Waals surface area contributed by atoms with Crippen LogP contribution >= 0.6 is 11.8 Å². The molecule has 37 heavy (non-hydrogen) atoms. The third-order valence-electron chi connectivity index (χ3n) is 7.23. The smallest absolute Gasteiger partial charge is 0.258 e. The lowest BCUT2D eigenvalue weighted by Crippen LogP contribution is -2.40. The van der Waals surface area contributed by atoms with Gasteiger partial charge in [0.25, 0.3) is 5.56 Å². The molecule has 5 rings (SSSR count). The van der Waals surface area contributed by atoms with Crippen LogP contribution in [0.2, 0.25) is 0 Å². The second kappa shape index (κ2) is 10.8. The predicted molar refractivity (Wildman–Crippen MR) is 151 cm³/mol. The number of para-hydroxylation sites is 1. The number of anilines is 1. The monoisotopic (exact) mass is 509 g/mol. The van der Waals surface area contributed by atoms with E-state index >= 15 is 0 Å². The number of aryl methyl sites for hydroxylation is 1. The van der Waals surface area contributed by atoms with E-state index in [1.807, 2.05) is 60.7 Å². The fraction of sp³-hybridized carbons (Fsp3) is 0.258. The second-order valence-electron chi connectivity index (χ2n) is 9.76. The highest BCUT2D eigenvalue weighted by molar-refractivity contribution is 7.99. The van der Waals surface area contributed by atoms with E-state index in [9.17, 15) is 9.59 Å². The Morgan fingerprint density at radius 1 is 1.00 bits per heavy atom. The van der Waals surface area contributed by atoms with Crippen molar-refractivity contribution >= 4 is 23.4 Å². The molecule has 4 aromatic rings. The fourth-order valence-electron chi connectivity index (χ4n) is 5.03. The number of rotatable bonds is 8. The highest BCUT2D eigenvalue weighted by Gasteiger charge is 2.38. The van der Waals surface area contributed by atoms with Crippen molar-refractivity contribution in [1.29, 1.82) is 0 Å². The SMILES string of the molecule is CC[C@]1(C)Cc2ccccc2-c2nc(SCC(=O)Nc3ccccc3)n(CCc3ccccc3)c(=O)c21. The number of fused-ring (bicyclic) bond motifs is 3. The number of amides is 1. The standard InChI is InChI=1S/C31H31N3O2S/c1-3-31(2)20-23-14-10-11-17-25(23)28-27(31)29(36)34(19-18-22-12-6-4-7-13-22)30(33-28)37-21-26(35)32-24-15-8-5-9-16-24/h4-17H,3,18-21H2,1-2H3,(H,32,35)/t31-/m1/s1. The van der Waals surface area contributed by atoms with Gasteiger partial charge in [0.05, 0.1) is 17.0 Å². The van der Waals surface area contributed by atoms with Crippen LogP contribution in [0.25, 0.3) is 11.3 Å². The number of hydrogen-bond acceptors (Lipinski definition) is 4. The van der Waals surface area contributed by atoms with Crippen molar-refractivity contribution in [2.24, 2.45) is 0 Å². The van der Waals surface area contributed by atoms with Crippen LogP contribution in [0, 0.1) is 0 Å². The molecule has 0 aliphatic heterocycles. The van der Waals surface area contributed by atoms with Gasteiger partial charge in [0.1, 0.15) is 0 Å². The van der Waals surface area contributed by atoms with Gasteiger partial charge in [0.2, 0.25) is 5.91 Å². The van der Waals surface area contributed by atoms with Crippen LogP contribution in [0.15, 0.2) is 94.9 Å². The molecule has 6 heteroatoms. The number of thioether (sulfide) groups is 1. The third kappa shape index (κ3) is 5.25. The van der Waals surface area contributed by atoms with Crippen LogP contribution in [-0.4, -0.2) is 21.2 Å². The maximum absolute atomic E-state index is 14.2. The summed E-state index contributed by atoms with van der Waals surface area (Å²) in [6, 6.07) is 27.8. The molecule has 1 heterocycles. The molecule has 5 nitrogen and oxygen atoms in total. The highest BCUT2D eigenvalue weighted by atomic mass is 32.2. The van der Waals surface area contributed by atoms with Gasteiger partial charge < -0.3 is 5.32 Å². The maximum atomic E-state index is 14.2. The van der Waals surface area contributed by atoms with Crippen molar-refractivity contribution in [2.45, 2.75) is 50.2 Å². The summed E-state index contributed by atoms with van der Waals surface area (Å²) in [5.74, 6) is 0.0367. The first kappa shape index (κ1) is 25.0. The Balaban J connectivity index is 1.54. The summed E-state index contributed by atoms with van der Waals surface area (Å²) < 4.78 is 1.79. The van der Waals surface area contributed by atoms with Crippen molar-refractivity contribution < 1.29 is 4.79 Å². The molecular formula is C31H31N3O2S. The molecule has 1 N–H and O–H groups in total. The summed E-state index contributed by atoms with van der Waals surface area (Å²) >= 11 is 1.32. The van der Waals surface area contributed by atoms with Crippen molar-refractivity contribution in [3.63, 3.8) is 0 Å². The molecule has 0 unspecified atom stereocenters. The number of aromatic nitrogens is 2. The fourth-order valence-corrected chi connectivity index (χ4v) is 5.85. The zero-order valence-electron chi connectivity index (χ0n) is 21.2. The molecule has 1 aliphatic rings. The van der Waals surface area contributed by atoms with E-state index in [1.165, 1.54) is 17.3 Å². The van der Waals surface area contributed by atoms with E-state index in [0.29, 0.717) is 18.1 Å². The normalized spacial score (nSPS) is 16.1. The largest absolute Gasteiger partial charge is 0.325 e. The van der Waals surface area contributed by atoms with Crippen molar-refractivity contribution in [3.05, 3.63) is 112 Å². The molecule has 0 saturated carbocycles. The minimum absolute atomic E-state index is 0.00533. The van der Waals surface area contributed by atoms with Gasteiger partial charge >= 0.3 is 0 Å². The Morgan fingerprint density at radius 3 is 2.41 bits per heavy atom. The molecule has 0 saturated heterocycles. The molecule has 1 atom stereocenters. The molecule has 188 valence electrons. The van der Waals surface area contributed by atoms with Gasteiger partial charge in [-0.1, -0.05) is 98.4 Å². The van der Waals surface area contributed by atoms with Gasteiger partial charge in [-0.25, -0.2) is 4.98 Å². The van der Waals surface area contributed by atoms with E-state index in [0.717, 1.165) is 40.9 Å². The first-order valence-corrected chi connectivity index (χ1v) is 13.7. The molecule has 1 amide bonds. The van der Waals surface area contributed by atoms with E-state index in [4.69, 9.17) is 4.98 Å². The maximum Gasteiger partial charge on any atom is 0.258 e. The van der Waals surface area contributed by atoms with Gasteiger partial charge in [-0.2, -0.15) is 0 Å². The lowest BCUT2D eigenvalue weighted by atomic mass is 9.69. The topological polar surface area (TPSA) is 64.0 Å². The van der Waals surface area contributed by atoms with Crippen LogP contribution < -0.4 is 10.9 Å². The van der Waals surface area contributed by atoms with E-state index in [2.05, 4.69) is 43.4 Å². The van der Waals surface area contributed by atoms with Gasteiger partial charge in [0.15, 0.2) is 5.16 Å². The zero-order valence-corrected chi connectivity index (χ0v) is 22.1. The molecule has 1 aromatic heterocycles. The third-order valence-corrected chi connectivity index (χ3v) is 8.20. The van der Waals surface area contributed by atoms with Gasteiger partial charge in [-0.3, -0.25) is 14.2 Å². The summed E-state index contributed by atoms with van der Waals surface area (Å²) in [7, 11) is 0. The molecule has 0 radical (unpaired) electrons. The average molecular weight is 510 g/mol. The van der Waals surface area contributed by atoms with Gasteiger partial charge in [0, 0.05) is 23.2 Å². The van der Waals surface area contributed by atoms with Crippen LogP contribution in [0.1, 0.15) is 37.0 Å². The lowest BCUT2D eigenvalue weighted by molar-refractivity contribution is -0.113. The van der Waals surface area contributed by atoms with E-state index in [-0.39, 0.29) is 22.6 Å². The Kier molecular flexibility index (Phi) is 7.28. The number of carbonyl (C=O) groups excluding carboxylic acids is 1. The predicted octanol–water partition coefficient (Wildman–Crippen LogP) is 6.11. The van der Waals surface area contributed by atoms with Crippen LogP contribution in [0.4, 0.5) is 5.69 Å². The zero-order chi connectivity index (χ0) is 25.8. The number of hydrogen-bond donors (Lipinski definition) is 1.